The summed E-state index contributed by atoms with van der Waals surface area (Å²) in [5.41, 5.74) is 7.14. The van der Waals surface area contributed by atoms with E-state index in [-0.39, 0.29) is 12.3 Å². The zero-order valence-corrected chi connectivity index (χ0v) is 20.0. The molecule has 1 aliphatic carbocycles. The van der Waals surface area contributed by atoms with Crippen LogP contribution in [-0.4, -0.2) is 28.9 Å². The van der Waals surface area contributed by atoms with E-state index in [1.54, 1.807) is 25.3 Å². The quantitative estimate of drug-likeness (QED) is 0.620. The van der Waals surface area contributed by atoms with Crippen LogP contribution >= 0.6 is 0 Å². The van der Waals surface area contributed by atoms with E-state index >= 15 is 0 Å². The van der Waals surface area contributed by atoms with Gasteiger partial charge in [0.15, 0.2) is 0 Å². The van der Waals surface area contributed by atoms with Crippen molar-refractivity contribution >= 4 is 18.0 Å². The average Bonchev–Trinajstić information content (AvgIpc) is 3.08. The van der Waals surface area contributed by atoms with E-state index in [9.17, 15) is 18.4 Å². The number of nitrogens with zero attached hydrogens (tertiary/aromatic N) is 2. The molecule has 0 radical (unpaired) electrons. The number of esters is 1. The molecule has 2 aliphatic rings. The van der Waals surface area contributed by atoms with Crippen LogP contribution in [0.15, 0.2) is 49.2 Å². The lowest BCUT2D eigenvalue weighted by Gasteiger charge is -2.45. The largest absolute Gasteiger partial charge is 0.462 e. The number of rotatable bonds is 4. The first-order chi connectivity index (χ1) is 16.5. The average molecular weight is 482 g/mol. The van der Waals surface area contributed by atoms with Crippen molar-refractivity contribution in [1.29, 1.82) is 5.26 Å². The Balaban J connectivity index is 0.000000198. The number of primary amides is 1. The number of pyridine rings is 1. The monoisotopic (exact) mass is 481 g/mol. The molecule has 2 heterocycles. The van der Waals surface area contributed by atoms with E-state index in [1.165, 1.54) is 13.8 Å². The molecular weight excluding hydrogens is 452 g/mol. The van der Waals surface area contributed by atoms with E-state index in [4.69, 9.17) is 15.7 Å². The summed E-state index contributed by atoms with van der Waals surface area (Å²) in [7, 11) is 0. The molecule has 35 heavy (non-hydrogen) atoms. The van der Waals surface area contributed by atoms with E-state index in [1.807, 2.05) is 30.3 Å². The molecule has 0 spiro atoms. The van der Waals surface area contributed by atoms with Crippen LogP contribution < -0.4 is 5.73 Å². The summed E-state index contributed by atoms with van der Waals surface area (Å²) in [4.78, 5) is 27.8. The number of carbonyl (C=O) groups is 2. The topological polar surface area (TPSA) is 106 Å². The summed E-state index contributed by atoms with van der Waals surface area (Å²) >= 11 is 0. The fourth-order valence-corrected chi connectivity index (χ4v) is 5.08. The van der Waals surface area contributed by atoms with Gasteiger partial charge in [0.1, 0.15) is 6.10 Å². The van der Waals surface area contributed by atoms with Crippen molar-refractivity contribution in [1.82, 2.24) is 4.98 Å². The van der Waals surface area contributed by atoms with Crippen LogP contribution in [0.5, 0.6) is 0 Å². The van der Waals surface area contributed by atoms with Crippen LogP contribution in [0.25, 0.3) is 17.2 Å². The van der Waals surface area contributed by atoms with E-state index < -0.39 is 47.6 Å². The predicted octanol–water partition coefficient (Wildman–Crippen LogP) is 4.98. The molecule has 1 aromatic carbocycles. The number of cyclic esters (lactones) is 1. The second-order valence-corrected chi connectivity index (χ2v) is 9.29. The van der Waals surface area contributed by atoms with Gasteiger partial charge in [-0.1, -0.05) is 44.7 Å². The number of alkyl halides is 2. The lowest BCUT2D eigenvalue weighted by molar-refractivity contribution is -0.174. The highest BCUT2D eigenvalue weighted by Gasteiger charge is 2.67. The zero-order valence-electron chi connectivity index (χ0n) is 20.0. The molecule has 5 atom stereocenters. The van der Waals surface area contributed by atoms with Crippen molar-refractivity contribution in [3.8, 4) is 17.2 Å². The van der Waals surface area contributed by atoms with Crippen molar-refractivity contribution in [2.75, 3.05) is 0 Å². The molecular formula is C27H29F2N3O3. The maximum atomic E-state index is 14.0. The Morgan fingerprint density at radius 3 is 2.57 bits per heavy atom. The van der Waals surface area contributed by atoms with Crippen LogP contribution in [0.4, 0.5) is 8.78 Å². The number of halogens is 2. The predicted molar refractivity (Wildman–Crippen MR) is 128 cm³/mol. The van der Waals surface area contributed by atoms with E-state index in [2.05, 4.69) is 17.6 Å². The third-order valence-corrected chi connectivity index (χ3v) is 7.31. The minimum atomic E-state index is -2.98. The van der Waals surface area contributed by atoms with Crippen molar-refractivity contribution < 1.29 is 23.1 Å². The number of hydrogen-bond acceptors (Lipinski definition) is 5. The highest BCUT2D eigenvalue weighted by atomic mass is 19.3. The smallest absolute Gasteiger partial charge is 0.313 e. The molecule has 1 aliphatic heterocycles. The van der Waals surface area contributed by atoms with Gasteiger partial charge in [0.25, 0.3) is 5.92 Å². The van der Waals surface area contributed by atoms with Gasteiger partial charge in [-0.25, -0.2) is 8.78 Å². The molecule has 4 rings (SSSR count). The molecule has 0 bridgehead atoms. The van der Waals surface area contributed by atoms with Gasteiger partial charge in [-0.05, 0) is 31.6 Å². The molecule has 1 saturated carbocycles. The minimum Gasteiger partial charge on any atom is -0.462 e. The Morgan fingerprint density at radius 2 is 2.00 bits per heavy atom. The van der Waals surface area contributed by atoms with Crippen LogP contribution in [0.3, 0.4) is 0 Å². The van der Waals surface area contributed by atoms with Crippen LogP contribution in [0, 0.1) is 34.5 Å². The van der Waals surface area contributed by atoms with Gasteiger partial charge in [0, 0.05) is 35.6 Å². The van der Waals surface area contributed by atoms with Gasteiger partial charge in [-0.3, -0.25) is 14.6 Å². The SMILES string of the molecule is C=Cc1ccc(-c2ccccc2C#N)cn1.CC1OC(=O)C2(C(C)C(N)=O)CC(F)(F)C(C)CC12. The Morgan fingerprint density at radius 1 is 1.31 bits per heavy atom. The Kier molecular flexibility index (Phi) is 7.39. The van der Waals surface area contributed by atoms with Gasteiger partial charge < -0.3 is 10.5 Å². The standard InChI is InChI=1S/C14H10N2.C13H19F2NO3/c1-2-13-8-7-12(10-16-13)14-6-4-3-5-11(14)9-15;1-6-4-9-8(3)19-11(18)12(9,5-13(6,14)15)7(2)10(16)17/h2-8,10H,1H2;6-9H,4-5H2,1-3H3,(H2,16,17). The molecule has 1 saturated heterocycles. The lowest BCUT2D eigenvalue weighted by atomic mass is 9.56. The molecule has 184 valence electrons. The molecule has 8 heteroatoms. The first-order valence-electron chi connectivity index (χ1n) is 11.4. The van der Waals surface area contributed by atoms with Gasteiger partial charge in [-0.2, -0.15) is 5.26 Å². The summed E-state index contributed by atoms with van der Waals surface area (Å²) in [5, 5.41) is 8.99. The van der Waals surface area contributed by atoms with Gasteiger partial charge in [-0.15, -0.1) is 0 Å². The first-order valence-corrected chi connectivity index (χ1v) is 11.4. The number of amides is 1. The number of ether oxygens (including phenoxy) is 1. The number of carbonyl (C=O) groups excluding carboxylic acids is 2. The maximum Gasteiger partial charge on any atom is 0.313 e. The van der Waals surface area contributed by atoms with Crippen molar-refractivity contribution in [2.24, 2.45) is 28.9 Å². The number of nitrogens with two attached hydrogens (primary N) is 1. The number of hydrogen-bond donors (Lipinski definition) is 1. The van der Waals surface area contributed by atoms with Gasteiger partial charge in [0.05, 0.1) is 28.7 Å². The summed E-state index contributed by atoms with van der Waals surface area (Å²) in [6.45, 7) is 8.25. The summed E-state index contributed by atoms with van der Waals surface area (Å²) < 4.78 is 33.2. The number of aromatic nitrogens is 1. The van der Waals surface area contributed by atoms with Gasteiger partial charge in [0.2, 0.25) is 5.91 Å². The van der Waals surface area contributed by atoms with Crippen molar-refractivity contribution in [3.63, 3.8) is 0 Å². The highest BCUT2D eigenvalue weighted by molar-refractivity contribution is 5.89. The van der Waals surface area contributed by atoms with Crippen LogP contribution in [0.1, 0.15) is 44.9 Å². The summed E-state index contributed by atoms with van der Waals surface area (Å²) in [5.74, 6) is -6.58. The van der Waals surface area contributed by atoms with Gasteiger partial charge >= 0.3 is 5.97 Å². The fourth-order valence-electron chi connectivity index (χ4n) is 5.08. The molecule has 2 aromatic rings. The fraction of sp³-hybridized carbons (Fsp3) is 0.407. The first kappa shape index (κ1) is 26.0. The normalized spacial score (nSPS) is 27.3. The van der Waals surface area contributed by atoms with E-state index in [0.717, 1.165) is 16.8 Å². The second-order valence-electron chi connectivity index (χ2n) is 9.29. The molecule has 1 aromatic heterocycles. The molecule has 5 unspecified atom stereocenters. The Labute approximate surface area is 203 Å². The molecule has 2 fully saturated rings. The third-order valence-electron chi connectivity index (χ3n) is 7.31. The van der Waals surface area contributed by atoms with Crippen molar-refractivity contribution in [3.05, 3.63) is 60.4 Å². The second kappa shape index (κ2) is 9.95. The summed E-state index contributed by atoms with van der Waals surface area (Å²) in [6.07, 6.45) is 2.51. The van der Waals surface area contributed by atoms with E-state index in [0.29, 0.717) is 5.56 Å². The van der Waals surface area contributed by atoms with Crippen LogP contribution in [0.2, 0.25) is 0 Å². The zero-order chi connectivity index (χ0) is 26.0. The number of nitriles is 1. The molecule has 1 amide bonds. The maximum absolute atomic E-state index is 14.0. The summed E-state index contributed by atoms with van der Waals surface area (Å²) in [6, 6.07) is 13.5. The number of fused-ring (bicyclic) bond motifs is 1. The molecule has 2 N–H and O–H groups in total. The minimum absolute atomic E-state index is 0.164. The Bertz CT molecular complexity index is 1160. The third kappa shape index (κ3) is 4.81. The molecule has 6 nitrogen and oxygen atoms in total. The van der Waals surface area contributed by atoms with Crippen LogP contribution in [-0.2, 0) is 14.3 Å². The highest BCUT2D eigenvalue weighted by Crippen LogP contribution is 2.59. The Hall–Kier alpha value is -3.60. The lowest BCUT2D eigenvalue weighted by Crippen LogP contribution is -2.54. The number of benzene rings is 1. The van der Waals surface area contributed by atoms with Crippen molar-refractivity contribution in [2.45, 2.75) is 45.6 Å².